The van der Waals surface area contributed by atoms with Crippen LogP contribution in [0, 0.1) is 0 Å². The van der Waals surface area contributed by atoms with Crippen LogP contribution < -0.4 is 0 Å². The fraction of sp³-hybridized carbons (Fsp3) is 0.538. The third kappa shape index (κ3) is 3.50. The van der Waals surface area contributed by atoms with Crippen molar-refractivity contribution in [3.8, 4) is 0 Å². The maximum atomic E-state index is 12.8. The minimum atomic E-state index is -3.49. The number of hydrogen-bond donors (Lipinski definition) is 0. The molecule has 0 aromatic heterocycles. The molecule has 0 saturated heterocycles. The van der Waals surface area contributed by atoms with Gasteiger partial charge in [-0.1, -0.05) is 18.0 Å². The van der Waals surface area contributed by atoms with Crippen LogP contribution >= 0.6 is 39.1 Å². The van der Waals surface area contributed by atoms with Crippen molar-refractivity contribution >= 4 is 49.2 Å². The summed E-state index contributed by atoms with van der Waals surface area (Å²) in [4.78, 5) is 0.273. The van der Waals surface area contributed by atoms with Crippen molar-refractivity contribution in [1.82, 2.24) is 4.31 Å². The van der Waals surface area contributed by atoms with Crippen molar-refractivity contribution in [1.29, 1.82) is 0 Å². The topological polar surface area (TPSA) is 37.4 Å². The van der Waals surface area contributed by atoms with E-state index in [0.29, 0.717) is 28.3 Å². The summed E-state index contributed by atoms with van der Waals surface area (Å²) in [6.45, 7) is 0.469. The van der Waals surface area contributed by atoms with E-state index in [1.54, 1.807) is 22.5 Å². The molecule has 0 unspecified atom stereocenters. The van der Waals surface area contributed by atoms with Gasteiger partial charge in [0.2, 0.25) is 10.0 Å². The van der Waals surface area contributed by atoms with Crippen LogP contribution in [0.2, 0.25) is 5.02 Å². The number of benzene rings is 1. The summed E-state index contributed by atoms with van der Waals surface area (Å²) in [5, 5.41) is 0.500. The Balaban J connectivity index is 2.30. The number of sulfonamides is 1. The van der Waals surface area contributed by atoms with Crippen molar-refractivity contribution in [3.05, 3.63) is 27.7 Å². The van der Waals surface area contributed by atoms with Crippen molar-refractivity contribution in [2.24, 2.45) is 0 Å². The van der Waals surface area contributed by atoms with Crippen LogP contribution in [0.1, 0.15) is 25.7 Å². The smallest absolute Gasteiger partial charge is 0.207 e. The Bertz CT molecular complexity index is 576. The molecule has 0 N–H and O–H groups in total. The molecule has 20 heavy (non-hydrogen) atoms. The molecule has 0 amide bonds. The highest BCUT2D eigenvalue weighted by atomic mass is 79.9. The lowest BCUT2D eigenvalue weighted by Gasteiger charge is -2.36. The second-order valence-corrected chi connectivity index (χ2v) is 8.35. The normalized spacial score (nSPS) is 16.4. The van der Waals surface area contributed by atoms with Gasteiger partial charge in [0.15, 0.2) is 0 Å². The average molecular weight is 401 g/mol. The highest BCUT2D eigenvalue weighted by Gasteiger charge is 2.34. The lowest BCUT2D eigenvalue weighted by Crippen LogP contribution is -2.44. The number of rotatable bonds is 6. The summed E-state index contributed by atoms with van der Waals surface area (Å²) in [6.07, 6.45) is 3.60. The quantitative estimate of drug-likeness (QED) is 0.668. The Kier molecular flexibility index (Phi) is 5.77. The van der Waals surface area contributed by atoms with Crippen molar-refractivity contribution in [3.63, 3.8) is 0 Å². The van der Waals surface area contributed by atoms with Gasteiger partial charge in [0.1, 0.15) is 0 Å². The Labute approximate surface area is 138 Å². The second-order valence-electron chi connectivity index (χ2n) is 4.82. The molecule has 0 radical (unpaired) electrons. The first kappa shape index (κ1) is 16.6. The molecule has 1 aromatic rings. The summed E-state index contributed by atoms with van der Waals surface area (Å²) >= 11 is 14.9. The minimum Gasteiger partial charge on any atom is -0.207 e. The van der Waals surface area contributed by atoms with E-state index in [9.17, 15) is 8.42 Å². The van der Waals surface area contributed by atoms with Crippen LogP contribution in [0.3, 0.4) is 0 Å². The molecule has 112 valence electrons. The lowest BCUT2D eigenvalue weighted by molar-refractivity contribution is 0.220. The molecule has 3 nitrogen and oxygen atoms in total. The average Bonchev–Trinajstić information content (AvgIpc) is 2.35. The highest BCUT2D eigenvalue weighted by molar-refractivity contribution is 9.10. The van der Waals surface area contributed by atoms with Gasteiger partial charge < -0.3 is 0 Å². The van der Waals surface area contributed by atoms with E-state index < -0.39 is 10.0 Å². The first-order chi connectivity index (χ1) is 9.46. The van der Waals surface area contributed by atoms with E-state index in [0.717, 1.165) is 19.3 Å². The van der Waals surface area contributed by atoms with Gasteiger partial charge in [0.05, 0.1) is 9.92 Å². The van der Waals surface area contributed by atoms with E-state index in [-0.39, 0.29) is 10.9 Å². The van der Waals surface area contributed by atoms with Gasteiger partial charge in [-0.3, -0.25) is 0 Å². The third-order valence-electron chi connectivity index (χ3n) is 3.49. The first-order valence-corrected chi connectivity index (χ1v) is 9.64. The number of hydrogen-bond acceptors (Lipinski definition) is 2. The van der Waals surface area contributed by atoms with Crippen LogP contribution in [0.15, 0.2) is 27.6 Å². The zero-order valence-corrected chi connectivity index (χ0v) is 14.8. The van der Waals surface area contributed by atoms with E-state index in [2.05, 4.69) is 15.9 Å². The highest BCUT2D eigenvalue weighted by Crippen LogP contribution is 2.32. The Morgan fingerprint density at radius 2 is 2.05 bits per heavy atom. The Morgan fingerprint density at radius 1 is 1.35 bits per heavy atom. The Hall–Kier alpha value is 0.190. The SMILES string of the molecule is O=S(=O)(c1ccc(Cl)c(Br)c1)N(CCCCl)C1CCC1. The minimum absolute atomic E-state index is 0.109. The molecule has 0 atom stereocenters. The first-order valence-electron chi connectivity index (χ1n) is 6.49. The van der Waals surface area contributed by atoms with Crippen LogP contribution in [0.25, 0.3) is 0 Å². The second kappa shape index (κ2) is 6.97. The summed E-state index contributed by atoms with van der Waals surface area (Å²) in [7, 11) is -3.49. The van der Waals surface area contributed by atoms with E-state index >= 15 is 0 Å². The summed E-state index contributed by atoms with van der Waals surface area (Å²) < 4.78 is 27.7. The zero-order valence-electron chi connectivity index (χ0n) is 10.9. The number of nitrogens with zero attached hydrogens (tertiary/aromatic N) is 1. The van der Waals surface area contributed by atoms with E-state index in [1.807, 2.05) is 0 Å². The van der Waals surface area contributed by atoms with Crippen molar-refractivity contribution < 1.29 is 8.42 Å². The molecule has 1 aromatic carbocycles. The zero-order chi connectivity index (χ0) is 14.8. The van der Waals surface area contributed by atoms with Crippen LogP contribution in [0.5, 0.6) is 0 Å². The standard InChI is InChI=1S/C13H16BrCl2NO2S/c14-12-9-11(5-6-13(12)16)20(18,19)17(8-2-7-15)10-3-1-4-10/h5-6,9-10H,1-4,7-8H2. The molecule has 1 aliphatic rings. The molecular formula is C13H16BrCl2NO2S. The maximum absolute atomic E-state index is 12.8. The van der Waals surface area contributed by atoms with Crippen LogP contribution in [0.4, 0.5) is 0 Å². The monoisotopic (exact) mass is 399 g/mol. The van der Waals surface area contributed by atoms with Gasteiger partial charge in [-0.15, -0.1) is 11.6 Å². The third-order valence-corrected chi connectivity index (χ3v) is 6.92. The van der Waals surface area contributed by atoms with Gasteiger partial charge in [0.25, 0.3) is 0 Å². The van der Waals surface area contributed by atoms with Crippen LogP contribution in [-0.4, -0.2) is 31.2 Å². The predicted octanol–water partition coefficient (Wildman–Crippen LogP) is 4.27. The van der Waals surface area contributed by atoms with Gasteiger partial charge in [-0.05, 0) is 53.4 Å². The molecule has 0 spiro atoms. The largest absolute Gasteiger partial charge is 0.243 e. The molecule has 1 aliphatic carbocycles. The fourth-order valence-electron chi connectivity index (χ4n) is 2.16. The molecule has 1 fully saturated rings. The van der Waals surface area contributed by atoms with Crippen LogP contribution in [-0.2, 0) is 10.0 Å². The van der Waals surface area contributed by atoms with Gasteiger partial charge in [-0.2, -0.15) is 4.31 Å². The van der Waals surface area contributed by atoms with E-state index in [4.69, 9.17) is 23.2 Å². The Morgan fingerprint density at radius 3 is 2.55 bits per heavy atom. The molecule has 0 aliphatic heterocycles. The molecule has 0 heterocycles. The molecule has 1 saturated carbocycles. The molecule has 0 bridgehead atoms. The number of halogens is 3. The lowest BCUT2D eigenvalue weighted by atomic mass is 9.93. The summed E-state index contributed by atoms with van der Waals surface area (Å²) in [5.74, 6) is 0.461. The van der Waals surface area contributed by atoms with Crippen molar-refractivity contribution in [2.45, 2.75) is 36.6 Å². The maximum Gasteiger partial charge on any atom is 0.243 e. The molecular weight excluding hydrogens is 385 g/mol. The fourth-order valence-corrected chi connectivity index (χ4v) is 4.68. The van der Waals surface area contributed by atoms with Gasteiger partial charge >= 0.3 is 0 Å². The number of alkyl halides is 1. The van der Waals surface area contributed by atoms with E-state index in [1.165, 1.54) is 0 Å². The van der Waals surface area contributed by atoms with Gasteiger partial charge in [-0.25, -0.2) is 8.42 Å². The summed E-state index contributed by atoms with van der Waals surface area (Å²) in [6, 6.07) is 4.82. The summed E-state index contributed by atoms with van der Waals surface area (Å²) in [5.41, 5.74) is 0. The van der Waals surface area contributed by atoms with Crippen molar-refractivity contribution in [2.75, 3.05) is 12.4 Å². The van der Waals surface area contributed by atoms with Gasteiger partial charge in [0, 0.05) is 22.9 Å². The predicted molar refractivity (Wildman–Crippen MR) is 86.0 cm³/mol. The molecule has 2 rings (SSSR count). The molecule has 7 heteroatoms.